The summed E-state index contributed by atoms with van der Waals surface area (Å²) in [6.07, 6.45) is 1.79. The molecular formula is C14H23N3O3. The summed E-state index contributed by atoms with van der Waals surface area (Å²) in [5.41, 5.74) is -0.0163. The summed E-state index contributed by atoms with van der Waals surface area (Å²) >= 11 is 0. The average molecular weight is 281 g/mol. The number of carbonyl (C=O) groups excluding carboxylic acids is 1. The van der Waals surface area contributed by atoms with Crippen molar-refractivity contribution in [3.05, 3.63) is 28.2 Å². The van der Waals surface area contributed by atoms with Gasteiger partial charge in [-0.25, -0.2) is 4.68 Å². The number of hydrogen-bond donors (Lipinski definition) is 2. The van der Waals surface area contributed by atoms with E-state index >= 15 is 0 Å². The fourth-order valence-corrected chi connectivity index (χ4v) is 1.70. The Morgan fingerprint density at radius 3 is 2.70 bits per heavy atom. The number of aliphatic hydroxyl groups is 1. The molecule has 1 rings (SSSR count). The predicted octanol–water partition coefficient (Wildman–Crippen LogP) is 0.790. The van der Waals surface area contributed by atoms with Crippen molar-refractivity contribution in [2.45, 2.75) is 46.2 Å². The summed E-state index contributed by atoms with van der Waals surface area (Å²) in [5, 5.41) is 16.0. The second-order valence-electron chi connectivity index (χ2n) is 5.14. The third-order valence-corrected chi connectivity index (χ3v) is 3.14. The number of hydrogen-bond acceptors (Lipinski definition) is 4. The standard InChI is InChI=1S/C14H23N3O3/c1-4-5-8-17-13(19)7-6-11(16-17)14(20)15-12(9-18)10(2)3/h6-7,10,12,18H,4-5,8-9H2,1-3H3,(H,15,20)/t12-/m1/s1. The Labute approximate surface area is 118 Å². The van der Waals surface area contributed by atoms with Crippen LogP contribution in [0, 0.1) is 5.92 Å². The Morgan fingerprint density at radius 1 is 1.45 bits per heavy atom. The number of carbonyl (C=O) groups is 1. The molecule has 0 bridgehead atoms. The molecule has 20 heavy (non-hydrogen) atoms. The molecule has 0 aliphatic rings. The summed E-state index contributed by atoms with van der Waals surface area (Å²) in [5.74, 6) is -0.252. The van der Waals surface area contributed by atoms with E-state index in [1.54, 1.807) is 0 Å². The van der Waals surface area contributed by atoms with E-state index in [0.717, 1.165) is 12.8 Å². The van der Waals surface area contributed by atoms with E-state index < -0.39 is 0 Å². The lowest BCUT2D eigenvalue weighted by atomic mass is 10.1. The van der Waals surface area contributed by atoms with Crippen LogP contribution in [0.15, 0.2) is 16.9 Å². The van der Waals surface area contributed by atoms with Crippen molar-refractivity contribution >= 4 is 5.91 Å². The first-order chi connectivity index (χ1) is 9.49. The number of nitrogens with one attached hydrogen (secondary N) is 1. The van der Waals surface area contributed by atoms with E-state index in [1.165, 1.54) is 16.8 Å². The SMILES string of the molecule is CCCCn1nc(C(=O)N[C@H](CO)C(C)C)ccc1=O. The summed E-state index contributed by atoms with van der Waals surface area (Å²) in [6, 6.07) is 2.44. The van der Waals surface area contributed by atoms with Crippen molar-refractivity contribution in [3.8, 4) is 0 Å². The molecule has 6 heteroatoms. The van der Waals surface area contributed by atoms with E-state index in [2.05, 4.69) is 10.4 Å². The monoisotopic (exact) mass is 281 g/mol. The Balaban J connectivity index is 2.85. The van der Waals surface area contributed by atoms with Crippen LogP contribution in [0.4, 0.5) is 0 Å². The van der Waals surface area contributed by atoms with Gasteiger partial charge in [-0.2, -0.15) is 5.10 Å². The second-order valence-corrected chi connectivity index (χ2v) is 5.14. The van der Waals surface area contributed by atoms with Crippen LogP contribution < -0.4 is 10.9 Å². The van der Waals surface area contributed by atoms with Gasteiger partial charge in [0.2, 0.25) is 0 Å². The Kier molecular flexibility index (Phi) is 6.38. The molecule has 0 radical (unpaired) electrons. The number of amides is 1. The van der Waals surface area contributed by atoms with Gasteiger partial charge in [0.1, 0.15) is 5.69 Å². The molecular weight excluding hydrogens is 258 g/mol. The van der Waals surface area contributed by atoms with Crippen molar-refractivity contribution in [1.29, 1.82) is 0 Å². The lowest BCUT2D eigenvalue weighted by Crippen LogP contribution is -2.42. The molecule has 6 nitrogen and oxygen atoms in total. The van der Waals surface area contributed by atoms with Crippen LogP contribution in [0.2, 0.25) is 0 Å². The van der Waals surface area contributed by atoms with Crippen LogP contribution >= 0.6 is 0 Å². The summed E-state index contributed by atoms with van der Waals surface area (Å²) in [4.78, 5) is 23.7. The van der Waals surface area contributed by atoms with Gasteiger partial charge < -0.3 is 10.4 Å². The van der Waals surface area contributed by atoms with Crippen LogP contribution in [0.3, 0.4) is 0 Å². The van der Waals surface area contributed by atoms with Crippen LogP contribution in [-0.4, -0.2) is 33.4 Å². The Bertz CT molecular complexity index is 497. The largest absolute Gasteiger partial charge is 0.394 e. The van der Waals surface area contributed by atoms with Crippen LogP contribution in [-0.2, 0) is 6.54 Å². The lowest BCUT2D eigenvalue weighted by molar-refractivity contribution is 0.0889. The Hall–Kier alpha value is -1.69. The molecule has 0 saturated carbocycles. The molecule has 1 aromatic rings. The smallest absolute Gasteiger partial charge is 0.272 e. The van der Waals surface area contributed by atoms with Gasteiger partial charge in [-0.1, -0.05) is 27.2 Å². The molecule has 0 spiro atoms. The average Bonchev–Trinajstić information content (AvgIpc) is 2.43. The van der Waals surface area contributed by atoms with Crippen LogP contribution in [0.25, 0.3) is 0 Å². The van der Waals surface area contributed by atoms with Gasteiger partial charge in [0.15, 0.2) is 0 Å². The lowest BCUT2D eigenvalue weighted by Gasteiger charge is -2.19. The molecule has 1 aromatic heterocycles. The zero-order chi connectivity index (χ0) is 15.1. The maximum absolute atomic E-state index is 12.1. The number of rotatable bonds is 7. The molecule has 2 N–H and O–H groups in total. The number of aliphatic hydroxyl groups excluding tert-OH is 1. The van der Waals surface area contributed by atoms with Gasteiger partial charge in [-0.05, 0) is 18.4 Å². The quantitative estimate of drug-likeness (QED) is 0.774. The first-order valence-corrected chi connectivity index (χ1v) is 6.99. The highest BCUT2D eigenvalue weighted by Gasteiger charge is 2.17. The van der Waals surface area contributed by atoms with Crippen molar-refractivity contribution in [3.63, 3.8) is 0 Å². The normalized spacial score (nSPS) is 12.4. The first kappa shape index (κ1) is 16.4. The molecule has 0 aliphatic carbocycles. The number of aromatic nitrogens is 2. The summed E-state index contributed by atoms with van der Waals surface area (Å²) < 4.78 is 1.31. The van der Waals surface area contributed by atoms with Crippen LogP contribution in [0.1, 0.15) is 44.1 Å². The predicted molar refractivity (Wildman–Crippen MR) is 76.6 cm³/mol. The van der Waals surface area contributed by atoms with Crippen LogP contribution in [0.5, 0.6) is 0 Å². The fourth-order valence-electron chi connectivity index (χ4n) is 1.70. The number of unbranched alkanes of at least 4 members (excludes halogenated alkanes) is 1. The van der Waals surface area contributed by atoms with Crippen molar-refractivity contribution in [2.75, 3.05) is 6.61 Å². The topological polar surface area (TPSA) is 84.2 Å². The molecule has 112 valence electrons. The number of aryl methyl sites for hydroxylation is 1. The maximum atomic E-state index is 12.1. The fraction of sp³-hybridized carbons (Fsp3) is 0.643. The molecule has 1 heterocycles. The van der Waals surface area contributed by atoms with Crippen molar-refractivity contribution in [2.24, 2.45) is 5.92 Å². The van der Waals surface area contributed by atoms with E-state index in [1.807, 2.05) is 20.8 Å². The highest BCUT2D eigenvalue weighted by molar-refractivity contribution is 5.92. The van der Waals surface area contributed by atoms with Gasteiger partial charge in [-0.15, -0.1) is 0 Å². The molecule has 0 aromatic carbocycles. The number of nitrogens with zero attached hydrogens (tertiary/aromatic N) is 2. The first-order valence-electron chi connectivity index (χ1n) is 6.99. The minimum Gasteiger partial charge on any atom is -0.394 e. The van der Waals surface area contributed by atoms with E-state index in [4.69, 9.17) is 0 Å². The zero-order valence-corrected chi connectivity index (χ0v) is 12.3. The van der Waals surface area contributed by atoms with E-state index in [0.29, 0.717) is 6.54 Å². The third kappa shape index (κ3) is 4.45. The van der Waals surface area contributed by atoms with Gasteiger partial charge in [-0.3, -0.25) is 9.59 Å². The zero-order valence-electron chi connectivity index (χ0n) is 12.3. The maximum Gasteiger partial charge on any atom is 0.272 e. The summed E-state index contributed by atoms with van der Waals surface area (Å²) in [6.45, 7) is 6.23. The molecule has 0 unspecified atom stereocenters. The molecule has 0 saturated heterocycles. The van der Waals surface area contributed by atoms with Gasteiger partial charge in [0.25, 0.3) is 11.5 Å². The van der Waals surface area contributed by atoms with Gasteiger partial charge >= 0.3 is 0 Å². The minimum atomic E-state index is -0.372. The molecule has 0 fully saturated rings. The van der Waals surface area contributed by atoms with E-state index in [-0.39, 0.29) is 35.7 Å². The van der Waals surface area contributed by atoms with Gasteiger partial charge in [0.05, 0.1) is 12.6 Å². The highest BCUT2D eigenvalue weighted by Crippen LogP contribution is 2.02. The molecule has 1 atom stereocenters. The van der Waals surface area contributed by atoms with Crippen molar-refractivity contribution < 1.29 is 9.90 Å². The third-order valence-electron chi connectivity index (χ3n) is 3.14. The minimum absolute atomic E-state index is 0.120. The van der Waals surface area contributed by atoms with Crippen molar-refractivity contribution in [1.82, 2.24) is 15.1 Å². The molecule has 1 amide bonds. The van der Waals surface area contributed by atoms with Gasteiger partial charge in [0, 0.05) is 12.6 Å². The Morgan fingerprint density at radius 2 is 2.15 bits per heavy atom. The highest BCUT2D eigenvalue weighted by atomic mass is 16.3. The second kappa shape index (κ2) is 7.79. The summed E-state index contributed by atoms with van der Waals surface area (Å²) in [7, 11) is 0. The molecule has 0 aliphatic heterocycles. The van der Waals surface area contributed by atoms with E-state index in [9.17, 15) is 14.7 Å².